The van der Waals surface area contributed by atoms with Crippen molar-refractivity contribution in [2.24, 2.45) is 5.92 Å². The fourth-order valence-electron chi connectivity index (χ4n) is 2.86. The molecule has 0 fully saturated rings. The number of hydrogen-bond donors (Lipinski definition) is 1. The molecule has 0 radical (unpaired) electrons. The fourth-order valence-corrected chi connectivity index (χ4v) is 2.86. The molecule has 0 amide bonds. The van der Waals surface area contributed by atoms with Crippen molar-refractivity contribution in [2.45, 2.75) is 40.7 Å². The summed E-state index contributed by atoms with van der Waals surface area (Å²) in [6.07, 6.45) is 0. The van der Waals surface area contributed by atoms with Gasteiger partial charge in [-0.25, -0.2) is 0 Å². The predicted octanol–water partition coefficient (Wildman–Crippen LogP) is 5.42. The predicted molar refractivity (Wildman–Crippen MR) is 88.3 cm³/mol. The van der Waals surface area contributed by atoms with Crippen molar-refractivity contribution >= 4 is 5.69 Å². The summed E-state index contributed by atoms with van der Waals surface area (Å²) in [5.41, 5.74) is 6.60. The van der Waals surface area contributed by atoms with Crippen LogP contribution in [0.25, 0.3) is 0 Å². The van der Waals surface area contributed by atoms with E-state index < -0.39 is 0 Å². The van der Waals surface area contributed by atoms with Gasteiger partial charge in [0.2, 0.25) is 0 Å². The third-order valence-corrected chi connectivity index (χ3v) is 3.80. The lowest BCUT2D eigenvalue weighted by molar-refractivity contribution is 0.546. The maximum absolute atomic E-state index is 3.76. The van der Waals surface area contributed by atoms with Crippen molar-refractivity contribution in [3.8, 4) is 0 Å². The minimum atomic E-state index is 0.344. The molecule has 0 saturated heterocycles. The molecule has 1 N–H and O–H groups in total. The highest BCUT2D eigenvalue weighted by Gasteiger charge is 2.17. The minimum Gasteiger partial charge on any atom is -0.378 e. The van der Waals surface area contributed by atoms with Gasteiger partial charge in [0.25, 0.3) is 0 Å². The van der Waals surface area contributed by atoms with E-state index in [2.05, 4.69) is 82.4 Å². The summed E-state index contributed by atoms with van der Waals surface area (Å²) in [6.45, 7) is 11.1. The zero-order valence-electron chi connectivity index (χ0n) is 13.2. The summed E-state index contributed by atoms with van der Waals surface area (Å²) < 4.78 is 0. The molecule has 1 unspecified atom stereocenters. The van der Waals surface area contributed by atoms with Crippen molar-refractivity contribution in [1.29, 1.82) is 0 Å². The standard InChI is InChI=1S/C19H25N/c1-13(2)18(17-9-7-6-8-10-17)20-19-15(4)11-14(3)12-16(19)5/h6-13,18,20H,1-5H3. The highest BCUT2D eigenvalue weighted by molar-refractivity contribution is 5.59. The Kier molecular flexibility index (Phi) is 4.49. The topological polar surface area (TPSA) is 12.0 Å². The van der Waals surface area contributed by atoms with Crippen LogP contribution in [0.2, 0.25) is 0 Å². The van der Waals surface area contributed by atoms with E-state index in [4.69, 9.17) is 0 Å². The second kappa shape index (κ2) is 6.13. The van der Waals surface area contributed by atoms with Gasteiger partial charge in [0.1, 0.15) is 0 Å². The number of anilines is 1. The molecular weight excluding hydrogens is 242 g/mol. The van der Waals surface area contributed by atoms with Gasteiger partial charge in [-0.15, -0.1) is 0 Å². The van der Waals surface area contributed by atoms with Gasteiger partial charge in [0, 0.05) is 5.69 Å². The van der Waals surface area contributed by atoms with E-state index >= 15 is 0 Å². The number of hydrogen-bond acceptors (Lipinski definition) is 1. The molecule has 0 heterocycles. The first-order valence-corrected chi connectivity index (χ1v) is 7.38. The number of aryl methyl sites for hydroxylation is 3. The Morgan fingerprint density at radius 2 is 1.40 bits per heavy atom. The van der Waals surface area contributed by atoms with Gasteiger partial charge in [0.15, 0.2) is 0 Å². The lowest BCUT2D eigenvalue weighted by Gasteiger charge is -2.26. The molecule has 2 aromatic rings. The monoisotopic (exact) mass is 267 g/mol. The fraction of sp³-hybridized carbons (Fsp3) is 0.368. The number of rotatable bonds is 4. The molecule has 1 atom stereocenters. The minimum absolute atomic E-state index is 0.344. The van der Waals surface area contributed by atoms with Gasteiger partial charge in [-0.05, 0) is 43.4 Å². The third-order valence-electron chi connectivity index (χ3n) is 3.80. The van der Waals surface area contributed by atoms with Crippen LogP contribution in [0.15, 0.2) is 42.5 Å². The molecule has 106 valence electrons. The van der Waals surface area contributed by atoms with E-state index in [0.29, 0.717) is 12.0 Å². The van der Waals surface area contributed by atoms with Crippen LogP contribution in [0, 0.1) is 26.7 Å². The van der Waals surface area contributed by atoms with Crippen LogP contribution in [-0.2, 0) is 0 Å². The van der Waals surface area contributed by atoms with Crippen LogP contribution in [0.5, 0.6) is 0 Å². The Hall–Kier alpha value is -1.76. The molecule has 2 aromatic carbocycles. The summed E-state index contributed by atoms with van der Waals surface area (Å²) in [5.74, 6) is 0.539. The molecular formula is C19H25N. The molecule has 2 rings (SSSR count). The van der Waals surface area contributed by atoms with Crippen LogP contribution in [0.3, 0.4) is 0 Å². The zero-order valence-corrected chi connectivity index (χ0v) is 13.2. The van der Waals surface area contributed by atoms with E-state index in [1.165, 1.54) is 27.9 Å². The maximum Gasteiger partial charge on any atom is 0.0536 e. The van der Waals surface area contributed by atoms with Crippen molar-refractivity contribution in [1.82, 2.24) is 0 Å². The van der Waals surface area contributed by atoms with Crippen LogP contribution in [-0.4, -0.2) is 0 Å². The van der Waals surface area contributed by atoms with Gasteiger partial charge in [-0.1, -0.05) is 61.9 Å². The molecule has 0 aliphatic rings. The Balaban J connectivity index is 2.35. The average Bonchev–Trinajstić information content (AvgIpc) is 2.38. The highest BCUT2D eigenvalue weighted by Crippen LogP contribution is 2.30. The molecule has 0 spiro atoms. The second-order valence-corrected chi connectivity index (χ2v) is 6.05. The third kappa shape index (κ3) is 3.22. The van der Waals surface area contributed by atoms with Gasteiger partial charge < -0.3 is 5.32 Å². The quantitative estimate of drug-likeness (QED) is 0.779. The number of benzene rings is 2. The second-order valence-electron chi connectivity index (χ2n) is 6.05. The van der Waals surface area contributed by atoms with E-state index in [1.54, 1.807) is 0 Å². The Labute approximate surface area is 123 Å². The van der Waals surface area contributed by atoms with Crippen LogP contribution in [0.4, 0.5) is 5.69 Å². The lowest BCUT2D eigenvalue weighted by Crippen LogP contribution is -2.18. The van der Waals surface area contributed by atoms with Crippen molar-refractivity contribution in [3.05, 3.63) is 64.7 Å². The largest absolute Gasteiger partial charge is 0.378 e. The summed E-state index contributed by atoms with van der Waals surface area (Å²) >= 11 is 0. The first kappa shape index (κ1) is 14.6. The van der Waals surface area contributed by atoms with E-state index in [0.717, 1.165) is 0 Å². The first-order chi connectivity index (χ1) is 9.49. The van der Waals surface area contributed by atoms with Crippen molar-refractivity contribution in [3.63, 3.8) is 0 Å². The lowest BCUT2D eigenvalue weighted by atomic mass is 9.94. The van der Waals surface area contributed by atoms with Gasteiger partial charge in [-0.3, -0.25) is 0 Å². The number of nitrogens with one attached hydrogen (secondary N) is 1. The molecule has 0 aromatic heterocycles. The zero-order chi connectivity index (χ0) is 14.7. The normalized spacial score (nSPS) is 12.5. The summed E-state index contributed by atoms with van der Waals surface area (Å²) in [7, 11) is 0. The molecule has 0 aliphatic carbocycles. The van der Waals surface area contributed by atoms with E-state index in [-0.39, 0.29) is 0 Å². The molecule has 0 aliphatic heterocycles. The molecule has 0 bridgehead atoms. The highest BCUT2D eigenvalue weighted by atomic mass is 14.9. The van der Waals surface area contributed by atoms with Gasteiger partial charge in [0.05, 0.1) is 6.04 Å². The average molecular weight is 267 g/mol. The molecule has 20 heavy (non-hydrogen) atoms. The Bertz CT molecular complexity index is 547. The first-order valence-electron chi connectivity index (χ1n) is 7.38. The molecule has 1 nitrogen and oxygen atoms in total. The maximum atomic E-state index is 3.76. The van der Waals surface area contributed by atoms with Crippen LogP contribution < -0.4 is 5.32 Å². The Morgan fingerprint density at radius 3 is 1.90 bits per heavy atom. The van der Waals surface area contributed by atoms with Gasteiger partial charge >= 0.3 is 0 Å². The summed E-state index contributed by atoms with van der Waals surface area (Å²) in [5, 5.41) is 3.76. The summed E-state index contributed by atoms with van der Waals surface area (Å²) in [6, 6.07) is 15.5. The molecule has 0 saturated carbocycles. The summed E-state index contributed by atoms with van der Waals surface area (Å²) in [4.78, 5) is 0. The van der Waals surface area contributed by atoms with Gasteiger partial charge in [-0.2, -0.15) is 0 Å². The van der Waals surface area contributed by atoms with Crippen LogP contribution in [0.1, 0.15) is 42.1 Å². The SMILES string of the molecule is Cc1cc(C)c(NC(c2ccccc2)C(C)C)c(C)c1. The van der Waals surface area contributed by atoms with Crippen LogP contribution >= 0.6 is 0 Å². The molecule has 1 heteroatoms. The van der Waals surface area contributed by atoms with Crippen molar-refractivity contribution < 1.29 is 0 Å². The Morgan fingerprint density at radius 1 is 0.850 bits per heavy atom. The van der Waals surface area contributed by atoms with E-state index in [9.17, 15) is 0 Å². The van der Waals surface area contributed by atoms with Crippen molar-refractivity contribution in [2.75, 3.05) is 5.32 Å². The van der Waals surface area contributed by atoms with E-state index in [1.807, 2.05) is 0 Å². The smallest absolute Gasteiger partial charge is 0.0536 e.